The molecule has 0 radical (unpaired) electrons. The fraction of sp³-hybridized carbons (Fsp3) is 0.222. The number of hydrogen-bond acceptors (Lipinski definition) is 3. The molecule has 1 N–H and O–H groups in total. The van der Waals surface area contributed by atoms with Gasteiger partial charge < -0.3 is 9.73 Å². The van der Waals surface area contributed by atoms with Crippen LogP contribution in [0.25, 0.3) is 11.0 Å². The minimum Gasteiger partial charge on any atom is -0.464 e. The fourth-order valence-corrected chi connectivity index (χ4v) is 2.50. The molecule has 2 heterocycles. The Balaban J connectivity index is 1.71. The zero-order chi connectivity index (χ0) is 15.5. The van der Waals surface area contributed by atoms with Gasteiger partial charge in [0.15, 0.2) is 0 Å². The van der Waals surface area contributed by atoms with Crippen molar-refractivity contribution in [1.82, 2.24) is 10.3 Å². The van der Waals surface area contributed by atoms with E-state index in [1.165, 1.54) is 0 Å². The van der Waals surface area contributed by atoms with Crippen LogP contribution in [0, 0.1) is 6.92 Å². The normalized spacial score (nSPS) is 12.3. The number of hydrogen-bond donors (Lipinski definition) is 1. The molecule has 0 spiro atoms. The summed E-state index contributed by atoms with van der Waals surface area (Å²) in [5.74, 6) is -0.0403. The maximum atomic E-state index is 12.2. The number of nitrogens with zero attached hydrogens (tertiary/aromatic N) is 1. The SMILES string of the molecule is Cc1ccc2c(CC(=O)N[C@@H](C)c3ccccn3)coc2c1. The first-order valence-electron chi connectivity index (χ1n) is 7.30. The first kappa shape index (κ1) is 14.3. The van der Waals surface area contributed by atoms with E-state index >= 15 is 0 Å². The van der Waals surface area contributed by atoms with Crippen LogP contribution < -0.4 is 5.32 Å². The second-order valence-electron chi connectivity index (χ2n) is 5.48. The largest absolute Gasteiger partial charge is 0.464 e. The molecule has 112 valence electrons. The van der Waals surface area contributed by atoms with Gasteiger partial charge >= 0.3 is 0 Å². The Hall–Kier alpha value is -2.62. The average molecular weight is 294 g/mol. The summed E-state index contributed by atoms with van der Waals surface area (Å²) in [7, 11) is 0. The molecule has 0 unspecified atom stereocenters. The third kappa shape index (κ3) is 3.01. The number of carbonyl (C=O) groups is 1. The van der Waals surface area contributed by atoms with Crippen LogP contribution in [-0.2, 0) is 11.2 Å². The topological polar surface area (TPSA) is 55.1 Å². The standard InChI is InChI=1S/C18H18N2O2/c1-12-6-7-15-14(11-22-17(15)9-12)10-18(21)20-13(2)16-5-3-4-8-19-16/h3-9,11,13H,10H2,1-2H3,(H,20,21)/t13-/m0/s1. The van der Waals surface area contributed by atoms with E-state index in [9.17, 15) is 4.79 Å². The number of nitrogens with one attached hydrogen (secondary N) is 1. The summed E-state index contributed by atoms with van der Waals surface area (Å²) in [4.78, 5) is 16.5. The lowest BCUT2D eigenvalue weighted by Crippen LogP contribution is -2.28. The van der Waals surface area contributed by atoms with E-state index in [1.807, 2.05) is 50.2 Å². The van der Waals surface area contributed by atoms with Gasteiger partial charge in [0.25, 0.3) is 0 Å². The first-order valence-corrected chi connectivity index (χ1v) is 7.30. The zero-order valence-corrected chi connectivity index (χ0v) is 12.7. The van der Waals surface area contributed by atoms with Crippen molar-refractivity contribution in [3.63, 3.8) is 0 Å². The Morgan fingerprint density at radius 1 is 1.32 bits per heavy atom. The summed E-state index contributed by atoms with van der Waals surface area (Å²) in [6, 6.07) is 11.6. The zero-order valence-electron chi connectivity index (χ0n) is 12.7. The van der Waals surface area contributed by atoms with E-state index in [1.54, 1.807) is 12.5 Å². The molecule has 4 nitrogen and oxygen atoms in total. The summed E-state index contributed by atoms with van der Waals surface area (Å²) in [6.45, 7) is 3.94. The van der Waals surface area contributed by atoms with Crippen LogP contribution in [0.4, 0.5) is 0 Å². The minimum atomic E-state index is -0.117. The third-order valence-electron chi connectivity index (χ3n) is 3.67. The van der Waals surface area contributed by atoms with E-state index in [0.717, 1.165) is 27.8 Å². The van der Waals surface area contributed by atoms with Crippen molar-refractivity contribution in [3.8, 4) is 0 Å². The van der Waals surface area contributed by atoms with Crippen LogP contribution in [0.3, 0.4) is 0 Å². The van der Waals surface area contributed by atoms with Crippen LogP contribution in [0.15, 0.2) is 53.3 Å². The molecule has 4 heteroatoms. The van der Waals surface area contributed by atoms with Gasteiger partial charge in [-0.05, 0) is 37.6 Å². The number of amides is 1. The van der Waals surface area contributed by atoms with Crippen molar-refractivity contribution < 1.29 is 9.21 Å². The molecule has 2 aromatic heterocycles. The Bertz CT molecular complexity index is 793. The minimum absolute atomic E-state index is 0.0403. The summed E-state index contributed by atoms with van der Waals surface area (Å²) >= 11 is 0. The lowest BCUT2D eigenvalue weighted by atomic mass is 10.1. The highest BCUT2D eigenvalue weighted by atomic mass is 16.3. The predicted molar refractivity (Wildman–Crippen MR) is 85.4 cm³/mol. The van der Waals surface area contributed by atoms with Gasteiger partial charge in [-0.25, -0.2) is 0 Å². The molecule has 0 aliphatic heterocycles. The van der Waals surface area contributed by atoms with Gasteiger partial charge in [-0.1, -0.05) is 18.2 Å². The Morgan fingerprint density at radius 3 is 2.95 bits per heavy atom. The van der Waals surface area contributed by atoms with Crippen LogP contribution >= 0.6 is 0 Å². The molecule has 0 aliphatic rings. The number of carbonyl (C=O) groups excluding carboxylic acids is 1. The van der Waals surface area contributed by atoms with Crippen molar-refractivity contribution in [3.05, 3.63) is 65.7 Å². The lowest BCUT2D eigenvalue weighted by Gasteiger charge is -2.12. The number of rotatable bonds is 4. The summed E-state index contributed by atoms with van der Waals surface area (Å²) < 4.78 is 5.53. The highest BCUT2D eigenvalue weighted by molar-refractivity contribution is 5.88. The third-order valence-corrected chi connectivity index (χ3v) is 3.67. The number of benzene rings is 1. The Labute approximate surface area is 129 Å². The second-order valence-corrected chi connectivity index (χ2v) is 5.48. The molecule has 0 saturated heterocycles. The van der Waals surface area contributed by atoms with Gasteiger partial charge in [0.1, 0.15) is 5.58 Å². The number of fused-ring (bicyclic) bond motifs is 1. The van der Waals surface area contributed by atoms with Crippen molar-refractivity contribution in [2.24, 2.45) is 0 Å². The maximum Gasteiger partial charge on any atom is 0.225 e. The van der Waals surface area contributed by atoms with Gasteiger partial charge in [0.2, 0.25) is 5.91 Å². The lowest BCUT2D eigenvalue weighted by molar-refractivity contribution is -0.121. The van der Waals surface area contributed by atoms with Crippen LogP contribution in [0.2, 0.25) is 0 Å². The molecule has 1 amide bonds. The molecule has 0 saturated carbocycles. The van der Waals surface area contributed by atoms with E-state index in [0.29, 0.717) is 6.42 Å². The average Bonchev–Trinajstić information content (AvgIpc) is 2.90. The number of furan rings is 1. The van der Waals surface area contributed by atoms with Crippen molar-refractivity contribution >= 4 is 16.9 Å². The highest BCUT2D eigenvalue weighted by Gasteiger charge is 2.14. The molecule has 3 rings (SSSR count). The summed E-state index contributed by atoms with van der Waals surface area (Å²) in [5, 5.41) is 3.96. The molecule has 1 atom stereocenters. The molecular formula is C18H18N2O2. The number of aryl methyl sites for hydroxylation is 1. The van der Waals surface area contributed by atoms with Gasteiger partial charge in [0.05, 0.1) is 24.4 Å². The van der Waals surface area contributed by atoms with E-state index in [2.05, 4.69) is 10.3 Å². The Kier molecular flexibility index (Phi) is 3.92. The maximum absolute atomic E-state index is 12.2. The fourth-order valence-electron chi connectivity index (χ4n) is 2.50. The van der Waals surface area contributed by atoms with E-state index < -0.39 is 0 Å². The molecule has 0 aliphatic carbocycles. The molecule has 22 heavy (non-hydrogen) atoms. The molecule has 0 fully saturated rings. The predicted octanol–water partition coefficient (Wildman–Crippen LogP) is 3.56. The van der Waals surface area contributed by atoms with Gasteiger partial charge in [0, 0.05) is 17.1 Å². The molecule has 3 aromatic rings. The van der Waals surface area contributed by atoms with Crippen LogP contribution in [-0.4, -0.2) is 10.9 Å². The molecule has 1 aromatic carbocycles. The van der Waals surface area contributed by atoms with Gasteiger partial charge in [-0.3, -0.25) is 9.78 Å². The van der Waals surface area contributed by atoms with Gasteiger partial charge in [-0.15, -0.1) is 0 Å². The van der Waals surface area contributed by atoms with E-state index in [4.69, 9.17) is 4.42 Å². The van der Waals surface area contributed by atoms with Crippen LogP contribution in [0.1, 0.15) is 29.8 Å². The quantitative estimate of drug-likeness (QED) is 0.800. The first-order chi connectivity index (χ1) is 10.6. The molecular weight excluding hydrogens is 276 g/mol. The van der Waals surface area contributed by atoms with E-state index in [-0.39, 0.29) is 11.9 Å². The van der Waals surface area contributed by atoms with Crippen LogP contribution in [0.5, 0.6) is 0 Å². The molecule has 0 bridgehead atoms. The highest BCUT2D eigenvalue weighted by Crippen LogP contribution is 2.23. The summed E-state index contributed by atoms with van der Waals surface area (Å²) in [6.07, 6.45) is 3.69. The Morgan fingerprint density at radius 2 is 2.18 bits per heavy atom. The monoisotopic (exact) mass is 294 g/mol. The number of aromatic nitrogens is 1. The van der Waals surface area contributed by atoms with Crippen molar-refractivity contribution in [2.45, 2.75) is 26.3 Å². The second kappa shape index (κ2) is 6.02. The van der Waals surface area contributed by atoms with Gasteiger partial charge in [-0.2, -0.15) is 0 Å². The van der Waals surface area contributed by atoms with Crippen molar-refractivity contribution in [2.75, 3.05) is 0 Å². The smallest absolute Gasteiger partial charge is 0.225 e. The number of pyridine rings is 1. The van der Waals surface area contributed by atoms with Crippen molar-refractivity contribution in [1.29, 1.82) is 0 Å². The summed E-state index contributed by atoms with van der Waals surface area (Å²) in [5.41, 5.74) is 3.71.